The van der Waals surface area contributed by atoms with Crippen LogP contribution in [0.3, 0.4) is 0 Å². The minimum Gasteiger partial charge on any atom is -0.378 e. The van der Waals surface area contributed by atoms with Crippen LogP contribution in [-0.2, 0) is 27.7 Å². The molecule has 1 N–H and O–H groups in total. The molecule has 1 aromatic heterocycles. The number of carbonyl (C=O) groups excluding carboxylic acids is 2. The summed E-state index contributed by atoms with van der Waals surface area (Å²) in [4.78, 5) is 32.3. The van der Waals surface area contributed by atoms with Gasteiger partial charge in [0.25, 0.3) is 5.91 Å². The van der Waals surface area contributed by atoms with Gasteiger partial charge in [-0.15, -0.1) is 0 Å². The molecular formula is C27H25F3N4O4. The van der Waals surface area contributed by atoms with Crippen LogP contribution in [0.2, 0.25) is 0 Å². The van der Waals surface area contributed by atoms with E-state index in [-0.39, 0.29) is 35.3 Å². The molecule has 1 aliphatic carbocycles. The lowest BCUT2D eigenvalue weighted by molar-refractivity contribution is -0.159. The van der Waals surface area contributed by atoms with Crippen molar-refractivity contribution in [2.24, 2.45) is 0 Å². The van der Waals surface area contributed by atoms with E-state index >= 15 is 0 Å². The van der Waals surface area contributed by atoms with Crippen LogP contribution in [0.5, 0.6) is 0 Å². The summed E-state index contributed by atoms with van der Waals surface area (Å²) in [5.74, 6) is -2.00. The first-order valence-corrected chi connectivity index (χ1v) is 12.6. The van der Waals surface area contributed by atoms with Crippen molar-refractivity contribution in [3.05, 3.63) is 71.1 Å². The number of halogens is 3. The van der Waals surface area contributed by atoms with Crippen LogP contribution in [0.1, 0.15) is 53.1 Å². The summed E-state index contributed by atoms with van der Waals surface area (Å²) in [5, 5.41) is 6.67. The molecule has 38 heavy (non-hydrogen) atoms. The van der Waals surface area contributed by atoms with Gasteiger partial charge in [0.2, 0.25) is 11.7 Å². The maximum absolute atomic E-state index is 13.6. The molecule has 11 heteroatoms. The molecule has 0 bridgehead atoms. The van der Waals surface area contributed by atoms with E-state index < -0.39 is 17.5 Å². The van der Waals surface area contributed by atoms with Crippen LogP contribution in [0, 0.1) is 0 Å². The number of hydrogen-bond acceptors (Lipinski definition) is 6. The molecule has 3 aliphatic rings. The summed E-state index contributed by atoms with van der Waals surface area (Å²) in [6.07, 6.45) is -1.39. The number of benzene rings is 2. The zero-order valence-electron chi connectivity index (χ0n) is 20.3. The van der Waals surface area contributed by atoms with E-state index in [1.165, 1.54) is 6.07 Å². The van der Waals surface area contributed by atoms with Crippen LogP contribution in [-0.4, -0.2) is 52.2 Å². The fourth-order valence-electron chi connectivity index (χ4n) is 5.64. The van der Waals surface area contributed by atoms with Crippen molar-refractivity contribution in [3.8, 4) is 11.4 Å². The van der Waals surface area contributed by atoms with Gasteiger partial charge >= 0.3 is 12.1 Å². The number of fused-ring (bicyclic) bond motifs is 1. The minimum atomic E-state index is -4.75. The molecule has 2 aliphatic heterocycles. The normalized spacial score (nSPS) is 22.6. The molecule has 0 spiro atoms. The van der Waals surface area contributed by atoms with Gasteiger partial charge in [0.1, 0.15) is 5.41 Å². The predicted octanol–water partition coefficient (Wildman–Crippen LogP) is 4.11. The lowest BCUT2D eigenvalue weighted by atomic mass is 9.77. The third-order valence-corrected chi connectivity index (χ3v) is 7.77. The maximum Gasteiger partial charge on any atom is 0.471 e. The molecule has 6 rings (SSSR count). The Morgan fingerprint density at radius 2 is 1.84 bits per heavy atom. The van der Waals surface area contributed by atoms with E-state index in [1.54, 1.807) is 17.0 Å². The molecule has 2 aromatic carbocycles. The molecule has 1 saturated carbocycles. The molecule has 3 heterocycles. The van der Waals surface area contributed by atoms with Crippen molar-refractivity contribution in [1.82, 2.24) is 20.4 Å². The highest BCUT2D eigenvalue weighted by molar-refractivity contribution is 5.99. The highest BCUT2D eigenvalue weighted by Crippen LogP contribution is 2.36. The number of carbonyl (C=O) groups is 2. The number of nitrogens with zero attached hydrogens (tertiary/aromatic N) is 3. The first kappa shape index (κ1) is 24.6. The first-order chi connectivity index (χ1) is 18.3. The summed E-state index contributed by atoms with van der Waals surface area (Å²) >= 11 is 0. The van der Waals surface area contributed by atoms with Crippen LogP contribution < -0.4 is 5.32 Å². The van der Waals surface area contributed by atoms with Crippen LogP contribution in [0.4, 0.5) is 13.2 Å². The SMILES string of the molecule is O=C1c2cc(-c3noc(C(F)(F)F)n3)ccc2CN1C1CCCCC1NC(=O)C1(c2ccccc2)COC1. The minimum absolute atomic E-state index is 0.101. The molecule has 0 radical (unpaired) electrons. The molecule has 1 saturated heterocycles. The van der Waals surface area contributed by atoms with Crippen LogP contribution in [0.15, 0.2) is 53.1 Å². The molecule has 2 unspecified atom stereocenters. The molecular weight excluding hydrogens is 501 g/mol. The van der Waals surface area contributed by atoms with E-state index in [9.17, 15) is 22.8 Å². The van der Waals surface area contributed by atoms with Gasteiger partial charge in [0, 0.05) is 23.7 Å². The third kappa shape index (κ3) is 4.14. The summed E-state index contributed by atoms with van der Waals surface area (Å²) in [5.41, 5.74) is 1.59. The smallest absolute Gasteiger partial charge is 0.378 e. The van der Waals surface area contributed by atoms with Gasteiger partial charge in [-0.05, 0) is 30.0 Å². The predicted molar refractivity (Wildman–Crippen MR) is 128 cm³/mol. The number of aromatic nitrogens is 2. The van der Waals surface area contributed by atoms with Crippen molar-refractivity contribution >= 4 is 11.8 Å². The zero-order chi connectivity index (χ0) is 26.5. The van der Waals surface area contributed by atoms with Gasteiger partial charge in [-0.1, -0.05) is 60.5 Å². The molecule has 2 atom stereocenters. The first-order valence-electron chi connectivity index (χ1n) is 12.6. The van der Waals surface area contributed by atoms with E-state index in [0.29, 0.717) is 25.3 Å². The average Bonchev–Trinajstić information content (AvgIpc) is 3.50. The Morgan fingerprint density at radius 1 is 1.08 bits per heavy atom. The van der Waals surface area contributed by atoms with E-state index in [0.717, 1.165) is 36.8 Å². The van der Waals surface area contributed by atoms with Crippen LogP contribution in [0.25, 0.3) is 11.4 Å². The van der Waals surface area contributed by atoms with Crippen molar-refractivity contribution in [3.63, 3.8) is 0 Å². The summed E-state index contributed by atoms with van der Waals surface area (Å²) in [7, 11) is 0. The number of amides is 2. The zero-order valence-corrected chi connectivity index (χ0v) is 20.3. The number of ether oxygens (including phenoxy) is 1. The van der Waals surface area contributed by atoms with Crippen molar-refractivity contribution in [1.29, 1.82) is 0 Å². The summed E-state index contributed by atoms with van der Waals surface area (Å²) < 4.78 is 48.4. The number of nitrogens with one attached hydrogen (secondary N) is 1. The van der Waals surface area contributed by atoms with Crippen molar-refractivity contribution < 1.29 is 32.0 Å². The highest BCUT2D eigenvalue weighted by atomic mass is 19.4. The van der Waals surface area contributed by atoms with Gasteiger partial charge in [0.05, 0.1) is 19.3 Å². The highest BCUT2D eigenvalue weighted by Gasteiger charge is 2.49. The lowest BCUT2D eigenvalue weighted by Crippen LogP contribution is -2.62. The van der Waals surface area contributed by atoms with E-state index in [2.05, 4.69) is 20.0 Å². The molecule has 2 fully saturated rings. The van der Waals surface area contributed by atoms with Crippen LogP contribution >= 0.6 is 0 Å². The van der Waals surface area contributed by atoms with E-state index in [4.69, 9.17) is 4.74 Å². The molecule has 8 nitrogen and oxygen atoms in total. The second kappa shape index (κ2) is 9.23. The Bertz CT molecular complexity index is 1370. The van der Waals surface area contributed by atoms with E-state index in [1.807, 2.05) is 30.3 Å². The lowest BCUT2D eigenvalue weighted by Gasteiger charge is -2.44. The Labute approximate surface area is 216 Å². The molecule has 3 aromatic rings. The van der Waals surface area contributed by atoms with Gasteiger partial charge in [-0.25, -0.2) is 0 Å². The standard InChI is InChI=1S/C27H25F3N4O4/c28-27(29,30)25-32-22(33-38-25)16-10-11-17-13-34(23(35)19(17)12-16)21-9-5-4-8-20(21)31-24(36)26(14-37-15-26)18-6-2-1-3-7-18/h1-3,6-7,10-12,20-21H,4-5,8-9,13-15H2,(H,31,36). The number of alkyl halides is 3. The third-order valence-electron chi connectivity index (χ3n) is 7.77. The summed E-state index contributed by atoms with van der Waals surface area (Å²) in [6, 6.07) is 13.9. The van der Waals surface area contributed by atoms with Crippen molar-refractivity contribution in [2.75, 3.05) is 13.2 Å². The maximum atomic E-state index is 13.6. The Kier molecular flexibility index (Phi) is 5.97. The second-order valence-electron chi connectivity index (χ2n) is 10.1. The fourth-order valence-corrected chi connectivity index (χ4v) is 5.64. The Balaban J connectivity index is 1.21. The monoisotopic (exact) mass is 526 g/mol. The number of hydrogen-bond donors (Lipinski definition) is 1. The van der Waals surface area contributed by atoms with Gasteiger partial charge < -0.3 is 19.5 Å². The Morgan fingerprint density at radius 3 is 2.53 bits per heavy atom. The second-order valence-corrected chi connectivity index (χ2v) is 10.1. The van der Waals surface area contributed by atoms with Gasteiger partial charge in [-0.2, -0.15) is 18.2 Å². The van der Waals surface area contributed by atoms with Gasteiger partial charge in [0.15, 0.2) is 0 Å². The largest absolute Gasteiger partial charge is 0.471 e. The molecule has 2 amide bonds. The number of rotatable bonds is 5. The molecule has 198 valence electrons. The summed E-state index contributed by atoms with van der Waals surface area (Å²) in [6.45, 7) is 0.977. The average molecular weight is 527 g/mol. The van der Waals surface area contributed by atoms with Crippen molar-refractivity contribution in [2.45, 2.75) is 55.9 Å². The quantitative estimate of drug-likeness (QED) is 0.538. The topological polar surface area (TPSA) is 97.6 Å². The fraction of sp³-hybridized carbons (Fsp3) is 0.407. The van der Waals surface area contributed by atoms with Gasteiger partial charge in [-0.3, -0.25) is 9.59 Å². The Hall–Kier alpha value is -3.73.